The standard InChI is InChI=1S/C23H30N6O2/c1-6-14(2)21(30)28-22(29-23-26-15(3)11-16(4)27-23)24-10-9-17-13-25-20-8-7-18(31-5)12-19(17)20/h7-8,11-14,25H,6,9-10H2,1-5H3,(H2,24,26,27,28,29,30)/t14-/m1/s1. The maximum Gasteiger partial charge on any atom is 0.229 e. The van der Waals surface area contributed by atoms with Gasteiger partial charge in [0.25, 0.3) is 0 Å². The number of nitrogens with one attached hydrogen (secondary N) is 3. The van der Waals surface area contributed by atoms with Gasteiger partial charge in [0.1, 0.15) is 5.75 Å². The third kappa shape index (κ3) is 5.81. The molecule has 31 heavy (non-hydrogen) atoms. The van der Waals surface area contributed by atoms with E-state index in [1.54, 1.807) is 7.11 Å². The van der Waals surface area contributed by atoms with Crippen LogP contribution in [-0.2, 0) is 11.2 Å². The van der Waals surface area contributed by atoms with Gasteiger partial charge in [0.2, 0.25) is 17.8 Å². The molecule has 0 unspecified atom stereocenters. The summed E-state index contributed by atoms with van der Waals surface area (Å²) in [6, 6.07) is 7.83. The van der Waals surface area contributed by atoms with Crippen molar-refractivity contribution in [2.45, 2.75) is 40.5 Å². The number of hydrogen-bond donors (Lipinski definition) is 3. The van der Waals surface area contributed by atoms with Crippen molar-refractivity contribution in [1.82, 2.24) is 20.3 Å². The fraction of sp³-hybridized carbons (Fsp3) is 0.391. The first-order valence-electron chi connectivity index (χ1n) is 10.5. The van der Waals surface area contributed by atoms with Gasteiger partial charge in [-0.1, -0.05) is 13.8 Å². The highest BCUT2D eigenvalue weighted by Gasteiger charge is 2.14. The lowest BCUT2D eigenvalue weighted by atomic mass is 10.1. The summed E-state index contributed by atoms with van der Waals surface area (Å²) in [5, 5.41) is 7.06. The molecule has 0 aliphatic rings. The average Bonchev–Trinajstić information content (AvgIpc) is 3.14. The van der Waals surface area contributed by atoms with E-state index < -0.39 is 0 Å². The summed E-state index contributed by atoms with van der Waals surface area (Å²) in [7, 11) is 1.66. The number of fused-ring (bicyclic) bond motifs is 1. The van der Waals surface area contributed by atoms with E-state index in [1.807, 2.05) is 58.2 Å². The highest BCUT2D eigenvalue weighted by atomic mass is 16.5. The number of hydrogen-bond acceptors (Lipinski definition) is 5. The molecule has 2 aromatic heterocycles. The number of carbonyl (C=O) groups excluding carboxylic acids is 1. The predicted molar refractivity (Wildman–Crippen MR) is 124 cm³/mol. The molecule has 0 bridgehead atoms. The van der Waals surface area contributed by atoms with Gasteiger partial charge in [-0.3, -0.25) is 20.4 Å². The highest BCUT2D eigenvalue weighted by Crippen LogP contribution is 2.24. The molecule has 2 heterocycles. The van der Waals surface area contributed by atoms with E-state index >= 15 is 0 Å². The molecule has 3 N–H and O–H groups in total. The lowest BCUT2D eigenvalue weighted by molar-refractivity contribution is -0.123. The smallest absolute Gasteiger partial charge is 0.229 e. The van der Waals surface area contributed by atoms with E-state index in [0.29, 0.717) is 24.9 Å². The van der Waals surface area contributed by atoms with Crippen LogP contribution in [0, 0.1) is 19.8 Å². The van der Waals surface area contributed by atoms with Gasteiger partial charge >= 0.3 is 0 Å². The van der Waals surface area contributed by atoms with E-state index in [9.17, 15) is 4.79 Å². The number of nitrogens with zero attached hydrogens (tertiary/aromatic N) is 3. The van der Waals surface area contributed by atoms with E-state index in [0.717, 1.165) is 40.0 Å². The topological polar surface area (TPSA) is 104 Å². The first-order valence-corrected chi connectivity index (χ1v) is 10.5. The fourth-order valence-electron chi connectivity index (χ4n) is 3.20. The van der Waals surface area contributed by atoms with Crippen LogP contribution in [0.2, 0.25) is 0 Å². The lowest BCUT2D eigenvalue weighted by Crippen LogP contribution is -2.39. The molecule has 8 nitrogen and oxygen atoms in total. The molecule has 0 aliphatic heterocycles. The Balaban J connectivity index is 1.78. The third-order valence-electron chi connectivity index (χ3n) is 5.14. The van der Waals surface area contributed by atoms with Gasteiger partial charge in [-0.15, -0.1) is 0 Å². The van der Waals surface area contributed by atoms with Crippen LogP contribution in [0.4, 0.5) is 5.95 Å². The van der Waals surface area contributed by atoms with Crippen LogP contribution in [0.5, 0.6) is 5.75 Å². The summed E-state index contributed by atoms with van der Waals surface area (Å²) in [6.45, 7) is 8.16. The van der Waals surface area contributed by atoms with Crippen molar-refractivity contribution < 1.29 is 9.53 Å². The van der Waals surface area contributed by atoms with Crippen LogP contribution in [0.3, 0.4) is 0 Å². The maximum atomic E-state index is 12.5. The summed E-state index contributed by atoms with van der Waals surface area (Å²) in [5.74, 6) is 1.38. The molecular weight excluding hydrogens is 392 g/mol. The van der Waals surface area contributed by atoms with E-state index in [-0.39, 0.29) is 11.8 Å². The van der Waals surface area contributed by atoms with Crippen molar-refractivity contribution in [3.8, 4) is 5.75 Å². The van der Waals surface area contributed by atoms with Crippen molar-refractivity contribution >= 4 is 28.7 Å². The monoisotopic (exact) mass is 422 g/mol. The zero-order valence-corrected chi connectivity index (χ0v) is 18.7. The first-order chi connectivity index (χ1) is 14.9. The van der Waals surface area contributed by atoms with Crippen molar-refractivity contribution in [2.24, 2.45) is 10.9 Å². The number of amides is 1. The molecule has 0 saturated carbocycles. The number of guanidine groups is 1. The number of anilines is 1. The summed E-state index contributed by atoms with van der Waals surface area (Å²) in [5.41, 5.74) is 3.87. The second kappa shape index (κ2) is 10.1. The Hall–Kier alpha value is -3.42. The predicted octanol–water partition coefficient (Wildman–Crippen LogP) is 3.76. The third-order valence-corrected chi connectivity index (χ3v) is 5.14. The van der Waals surface area contributed by atoms with E-state index in [1.165, 1.54) is 0 Å². The number of methoxy groups -OCH3 is 1. The number of aromatic nitrogens is 3. The van der Waals surface area contributed by atoms with Gasteiger partial charge < -0.3 is 9.72 Å². The lowest BCUT2D eigenvalue weighted by Gasteiger charge is -2.14. The Bertz CT molecular complexity index is 1070. The molecule has 0 aliphatic carbocycles. The quantitative estimate of drug-likeness (QED) is 0.397. The minimum absolute atomic E-state index is 0.0880. The van der Waals surface area contributed by atoms with Crippen LogP contribution in [0.15, 0.2) is 35.5 Å². The summed E-state index contributed by atoms with van der Waals surface area (Å²) < 4.78 is 5.34. The molecule has 1 amide bonds. The van der Waals surface area contributed by atoms with Crippen molar-refractivity contribution in [3.63, 3.8) is 0 Å². The van der Waals surface area contributed by atoms with E-state index in [2.05, 4.69) is 30.6 Å². The van der Waals surface area contributed by atoms with Gasteiger partial charge in [-0.25, -0.2) is 9.97 Å². The molecule has 0 fully saturated rings. The summed E-state index contributed by atoms with van der Waals surface area (Å²) in [4.78, 5) is 29.1. The normalized spacial score (nSPS) is 12.6. The Morgan fingerprint density at radius 1 is 1.23 bits per heavy atom. The summed E-state index contributed by atoms with van der Waals surface area (Å²) >= 11 is 0. The minimum atomic E-state index is -0.117. The number of ether oxygens (including phenoxy) is 1. The maximum absolute atomic E-state index is 12.5. The molecule has 3 aromatic rings. The molecular formula is C23H30N6O2. The molecule has 164 valence electrons. The number of H-pyrrole nitrogens is 1. The number of aromatic amines is 1. The Labute approximate surface area is 182 Å². The van der Waals surface area contributed by atoms with Crippen LogP contribution in [-0.4, -0.2) is 40.5 Å². The van der Waals surface area contributed by atoms with Crippen LogP contribution in [0.1, 0.15) is 37.2 Å². The SMILES string of the molecule is CC[C@@H](C)C(=O)NC(=NCCc1c[nH]c2ccc(OC)cc12)Nc1nc(C)cc(C)n1. The molecule has 1 atom stereocenters. The Morgan fingerprint density at radius 2 is 1.97 bits per heavy atom. The zero-order valence-electron chi connectivity index (χ0n) is 18.7. The Morgan fingerprint density at radius 3 is 2.65 bits per heavy atom. The van der Waals surface area contributed by atoms with Crippen LogP contribution in [0.25, 0.3) is 10.9 Å². The molecule has 1 aromatic carbocycles. The number of aliphatic imine (C=N–C) groups is 1. The largest absolute Gasteiger partial charge is 0.497 e. The first kappa shape index (κ1) is 22.3. The highest BCUT2D eigenvalue weighted by molar-refractivity contribution is 6.04. The van der Waals surface area contributed by atoms with Crippen LogP contribution < -0.4 is 15.4 Å². The van der Waals surface area contributed by atoms with Gasteiger partial charge in [0.15, 0.2) is 0 Å². The number of rotatable bonds is 7. The summed E-state index contributed by atoms with van der Waals surface area (Å²) in [6.07, 6.45) is 3.43. The zero-order chi connectivity index (χ0) is 22.4. The van der Waals surface area contributed by atoms with Crippen LogP contribution >= 0.6 is 0 Å². The molecule has 8 heteroatoms. The molecule has 3 rings (SSSR count). The van der Waals surface area contributed by atoms with Gasteiger partial charge in [-0.05, 0) is 56.5 Å². The average molecular weight is 423 g/mol. The second-order valence-corrected chi connectivity index (χ2v) is 7.60. The number of benzene rings is 1. The second-order valence-electron chi connectivity index (χ2n) is 7.60. The molecule has 0 spiro atoms. The van der Waals surface area contributed by atoms with Gasteiger partial charge in [0, 0.05) is 41.0 Å². The van der Waals surface area contributed by atoms with Crippen molar-refractivity contribution in [1.29, 1.82) is 0 Å². The van der Waals surface area contributed by atoms with Gasteiger partial charge in [-0.2, -0.15) is 0 Å². The Kier molecular flexibility index (Phi) is 7.23. The fourth-order valence-corrected chi connectivity index (χ4v) is 3.20. The molecule has 0 radical (unpaired) electrons. The van der Waals surface area contributed by atoms with E-state index in [4.69, 9.17) is 4.74 Å². The van der Waals surface area contributed by atoms with Gasteiger partial charge in [0.05, 0.1) is 7.11 Å². The van der Waals surface area contributed by atoms with Crippen molar-refractivity contribution in [2.75, 3.05) is 19.0 Å². The number of carbonyl (C=O) groups is 1. The molecule has 0 saturated heterocycles. The minimum Gasteiger partial charge on any atom is -0.497 e. The number of aryl methyl sites for hydroxylation is 2. The van der Waals surface area contributed by atoms with Crippen molar-refractivity contribution in [3.05, 3.63) is 47.4 Å².